The molecule has 0 radical (unpaired) electrons. The summed E-state index contributed by atoms with van der Waals surface area (Å²) in [6, 6.07) is 12.2. The van der Waals surface area contributed by atoms with Crippen LogP contribution < -0.4 is 0 Å². The molecule has 1 aromatic carbocycles. The molecule has 2 aliphatic rings. The average molecular weight is 960 g/mol. The van der Waals surface area contributed by atoms with Crippen LogP contribution in [0.5, 0.6) is 0 Å². The lowest BCUT2D eigenvalue weighted by Crippen LogP contribution is -2.18. The van der Waals surface area contributed by atoms with Crippen molar-refractivity contribution in [1.82, 2.24) is 15.0 Å². The Bertz CT molecular complexity index is 2290. The zero-order valence-electron chi connectivity index (χ0n) is 39.8. The number of ether oxygens (including phenoxy) is 2. The van der Waals surface area contributed by atoms with Crippen LogP contribution in [0.2, 0.25) is 0 Å². The fourth-order valence-corrected chi connectivity index (χ4v) is 11.4. The van der Waals surface area contributed by atoms with Crippen LogP contribution in [-0.2, 0) is 57.6 Å². The maximum absolute atomic E-state index is 13.9. The van der Waals surface area contributed by atoms with Gasteiger partial charge in [0.05, 0.1) is 37.0 Å². The van der Waals surface area contributed by atoms with Crippen LogP contribution in [0.1, 0.15) is 155 Å². The van der Waals surface area contributed by atoms with Crippen LogP contribution in [0.25, 0.3) is 0 Å². The molecule has 0 amide bonds. The van der Waals surface area contributed by atoms with Gasteiger partial charge in [0.15, 0.2) is 4.88 Å². The lowest BCUT2D eigenvalue weighted by molar-refractivity contribution is -0.140. The third-order valence-corrected chi connectivity index (χ3v) is 15.3. The van der Waals surface area contributed by atoms with E-state index in [0.29, 0.717) is 53.9 Å². The molecule has 4 aromatic rings. The number of aromatic nitrogens is 3. The summed E-state index contributed by atoms with van der Waals surface area (Å²) in [5.74, 6) is -0.138. The molecular formula is C53H68ClFN4O7S. The van der Waals surface area contributed by atoms with Gasteiger partial charge >= 0.3 is 11.9 Å². The second-order valence-electron chi connectivity index (χ2n) is 18.2. The number of ketones is 1. The Kier molecular flexibility index (Phi) is 21.3. The van der Waals surface area contributed by atoms with Crippen LogP contribution in [0.3, 0.4) is 0 Å². The molecule has 11 nitrogen and oxygen atoms in total. The van der Waals surface area contributed by atoms with Crippen molar-refractivity contribution < 1.29 is 38.5 Å². The quantitative estimate of drug-likeness (QED) is 0.0567. The Morgan fingerprint density at radius 1 is 0.955 bits per heavy atom. The van der Waals surface area contributed by atoms with Crippen LogP contribution in [0.15, 0.2) is 42.7 Å². The van der Waals surface area contributed by atoms with E-state index in [1.165, 1.54) is 14.2 Å². The summed E-state index contributed by atoms with van der Waals surface area (Å²) in [6.07, 6.45) is 17.7. The van der Waals surface area contributed by atoms with Crippen LogP contribution in [0.4, 0.5) is 4.39 Å². The second kappa shape index (κ2) is 26.8. The van der Waals surface area contributed by atoms with Gasteiger partial charge < -0.3 is 19.7 Å². The minimum Gasteiger partial charge on any atom is -0.469 e. The SMILES string of the molecule is CCCCC(O)c1cncc(CC[C@H]2C(Cl)CC[C@@H]2CCCc2nc(F)c(C(=O)OC)s2)c1.COC(=O)CCc1cc(C[C@H]2CCC(=O)[C@@H]2CCc2cc(C)c(CCO)c(C)n2)ccc1C#N. The Balaban J connectivity index is 0.000000251. The van der Waals surface area contributed by atoms with Gasteiger partial charge in [0.25, 0.3) is 0 Å². The number of nitrogens with zero attached hydrogens (tertiary/aromatic N) is 4. The first-order valence-corrected chi connectivity index (χ1v) is 25.2. The van der Waals surface area contributed by atoms with E-state index in [1.807, 2.05) is 31.3 Å². The molecule has 362 valence electrons. The van der Waals surface area contributed by atoms with E-state index >= 15 is 0 Å². The summed E-state index contributed by atoms with van der Waals surface area (Å²) >= 11 is 7.76. The van der Waals surface area contributed by atoms with Gasteiger partial charge in [0.2, 0.25) is 5.95 Å². The summed E-state index contributed by atoms with van der Waals surface area (Å²) in [5, 5.41) is 29.9. The maximum atomic E-state index is 13.9. The number of nitriles is 1. The molecule has 0 spiro atoms. The van der Waals surface area contributed by atoms with Crippen molar-refractivity contribution >= 4 is 40.7 Å². The number of alkyl halides is 1. The van der Waals surface area contributed by atoms with E-state index in [1.54, 1.807) is 6.20 Å². The molecule has 3 heterocycles. The largest absolute Gasteiger partial charge is 0.469 e. The van der Waals surface area contributed by atoms with Crippen molar-refractivity contribution in [3.05, 3.63) is 109 Å². The summed E-state index contributed by atoms with van der Waals surface area (Å²) in [4.78, 5) is 48.7. The fourth-order valence-electron chi connectivity index (χ4n) is 9.99. The van der Waals surface area contributed by atoms with Crippen molar-refractivity contribution in [1.29, 1.82) is 5.26 Å². The number of rotatable bonds is 22. The summed E-state index contributed by atoms with van der Waals surface area (Å²) in [5.41, 5.74) is 8.76. The second-order valence-corrected chi connectivity index (χ2v) is 19.9. The first-order valence-electron chi connectivity index (χ1n) is 24.0. The van der Waals surface area contributed by atoms with E-state index in [9.17, 15) is 34.2 Å². The van der Waals surface area contributed by atoms with Crippen LogP contribution in [0, 0.1) is 54.8 Å². The molecule has 6 rings (SSSR count). The number of aliphatic hydroxyl groups excluding tert-OH is 2. The van der Waals surface area contributed by atoms with Gasteiger partial charge in [-0.05, 0) is 167 Å². The number of methoxy groups -OCH3 is 2. The number of benzene rings is 1. The Labute approximate surface area is 404 Å². The molecule has 67 heavy (non-hydrogen) atoms. The van der Waals surface area contributed by atoms with Gasteiger partial charge in [-0.25, -0.2) is 9.78 Å². The number of carbonyl (C=O) groups excluding carboxylic acids is 3. The van der Waals surface area contributed by atoms with E-state index in [-0.39, 0.29) is 41.1 Å². The van der Waals surface area contributed by atoms with Crippen molar-refractivity contribution in [3.8, 4) is 6.07 Å². The maximum Gasteiger partial charge on any atom is 0.352 e. The zero-order chi connectivity index (χ0) is 48.5. The number of aryl methyl sites for hydroxylation is 6. The highest BCUT2D eigenvalue weighted by Gasteiger charge is 2.35. The van der Waals surface area contributed by atoms with Gasteiger partial charge in [-0.2, -0.15) is 9.65 Å². The molecule has 14 heteroatoms. The molecule has 2 unspecified atom stereocenters. The fraction of sp³-hybridized carbons (Fsp3) is 0.566. The number of aliphatic hydroxyl groups is 2. The molecule has 2 N–H and O–H groups in total. The molecular weight excluding hydrogens is 891 g/mol. The molecule has 3 aromatic heterocycles. The highest BCUT2D eigenvalue weighted by atomic mass is 35.5. The van der Waals surface area contributed by atoms with Gasteiger partial charge in [0, 0.05) is 54.5 Å². The third kappa shape index (κ3) is 15.4. The minimum absolute atomic E-state index is 0.00805. The van der Waals surface area contributed by atoms with Gasteiger partial charge in [-0.15, -0.1) is 22.9 Å². The number of carbonyl (C=O) groups is 3. The van der Waals surface area contributed by atoms with Gasteiger partial charge in [0.1, 0.15) is 5.78 Å². The molecule has 2 fully saturated rings. The highest BCUT2D eigenvalue weighted by molar-refractivity contribution is 7.13. The molecule has 0 bridgehead atoms. The van der Waals surface area contributed by atoms with E-state index in [0.717, 1.165) is 140 Å². The standard InChI is InChI=1S/C28H34N2O4.C25H34ClFN2O3S/c1-18-14-24(30-19(2)25(18)12-13-31)8-9-26-22(6-10-27(26)32)16-20-4-5-23(17-29)21(15-20)7-11-28(33)34-3;1-3-4-7-21(30)18-13-16(14-28-15-18)9-11-19-17(10-12-20(19)26)6-5-8-22-29-24(27)23(33-22)25(31)32-2/h4-5,14-15,22,26,31H,6-13,16H2,1-3H3;13-15,17,19-21,30H,3-12H2,1-2H3/t22-,26-;17-,19+,20?,21?/m10/s1. The van der Waals surface area contributed by atoms with Crippen LogP contribution >= 0.6 is 22.9 Å². The van der Waals surface area contributed by atoms with Crippen molar-refractivity contribution in [2.45, 2.75) is 148 Å². The first-order chi connectivity index (χ1) is 32.3. The molecule has 2 saturated carbocycles. The van der Waals surface area contributed by atoms with E-state index < -0.39 is 18.0 Å². The highest BCUT2D eigenvalue weighted by Crippen LogP contribution is 2.42. The molecule has 0 aliphatic heterocycles. The lowest BCUT2D eigenvalue weighted by atomic mass is 9.85. The number of halogens is 2. The minimum atomic E-state index is -0.739. The monoisotopic (exact) mass is 958 g/mol. The van der Waals surface area contributed by atoms with Crippen LogP contribution in [-0.4, -0.2) is 69.1 Å². The number of hydrogen-bond acceptors (Lipinski definition) is 12. The Morgan fingerprint density at radius 3 is 2.48 bits per heavy atom. The number of pyridine rings is 2. The van der Waals surface area contributed by atoms with E-state index in [4.69, 9.17) is 21.3 Å². The first kappa shape index (κ1) is 53.3. The number of unbranched alkanes of at least 4 members (excludes halogenated alkanes) is 1. The summed E-state index contributed by atoms with van der Waals surface area (Å²) in [7, 11) is 2.60. The number of esters is 2. The number of thiazole rings is 1. The lowest BCUT2D eigenvalue weighted by Gasteiger charge is -2.22. The predicted molar refractivity (Wildman–Crippen MR) is 258 cm³/mol. The summed E-state index contributed by atoms with van der Waals surface area (Å²) in [6.45, 7) is 6.26. The zero-order valence-corrected chi connectivity index (χ0v) is 41.4. The average Bonchev–Trinajstić information content (AvgIpc) is 4.00. The molecule has 6 atom stereocenters. The topological polar surface area (TPSA) is 173 Å². The summed E-state index contributed by atoms with van der Waals surface area (Å²) < 4.78 is 23.2. The Hall–Kier alpha value is -4.61. The van der Waals surface area contributed by atoms with Gasteiger partial charge in [-0.1, -0.05) is 38.0 Å². The van der Waals surface area contributed by atoms with Crippen molar-refractivity contribution in [3.63, 3.8) is 0 Å². The smallest absolute Gasteiger partial charge is 0.352 e. The molecule has 2 aliphatic carbocycles. The number of hydrogen-bond donors (Lipinski definition) is 2. The Morgan fingerprint density at radius 2 is 1.76 bits per heavy atom. The normalized spacial score (nSPS) is 19.4. The predicted octanol–water partition coefficient (Wildman–Crippen LogP) is 10.3. The van der Waals surface area contributed by atoms with Gasteiger partial charge in [-0.3, -0.25) is 19.6 Å². The molecule has 0 saturated heterocycles. The van der Waals surface area contributed by atoms with Crippen molar-refractivity contribution in [2.24, 2.45) is 23.7 Å². The number of Topliss-reactive ketones (excluding diaryl/α,β-unsaturated/α-hetero) is 1. The third-order valence-electron chi connectivity index (χ3n) is 13.7. The van der Waals surface area contributed by atoms with E-state index in [2.05, 4.69) is 46.8 Å². The van der Waals surface area contributed by atoms with Crippen molar-refractivity contribution in [2.75, 3.05) is 20.8 Å².